The molecule has 2 aromatic heterocycles. The first-order chi connectivity index (χ1) is 11.2. The summed E-state index contributed by atoms with van der Waals surface area (Å²) < 4.78 is 1.85. The van der Waals surface area contributed by atoms with E-state index in [-0.39, 0.29) is 5.56 Å². The van der Waals surface area contributed by atoms with Gasteiger partial charge in [0.05, 0.1) is 17.6 Å². The first kappa shape index (κ1) is 13.5. The van der Waals surface area contributed by atoms with Crippen molar-refractivity contribution in [2.45, 2.75) is 0 Å². The van der Waals surface area contributed by atoms with Crippen molar-refractivity contribution < 1.29 is 0 Å². The maximum absolute atomic E-state index is 12.7. The normalized spacial score (nSPS) is 11.0. The van der Waals surface area contributed by atoms with E-state index < -0.39 is 0 Å². The first-order valence-electron chi connectivity index (χ1n) is 7.43. The number of H-pyrrole nitrogens is 1. The van der Waals surface area contributed by atoms with E-state index >= 15 is 0 Å². The smallest absolute Gasteiger partial charge is 0.258 e. The molecule has 0 bridgehead atoms. The average molecular weight is 301 g/mol. The molecule has 0 spiro atoms. The topological polar surface area (TPSA) is 50.7 Å². The summed E-state index contributed by atoms with van der Waals surface area (Å²) in [6.07, 6.45) is 3.57. The lowest BCUT2D eigenvalue weighted by atomic mass is 9.95. The molecule has 2 aromatic carbocycles. The van der Waals surface area contributed by atoms with Crippen molar-refractivity contribution in [3.8, 4) is 22.4 Å². The molecule has 0 radical (unpaired) electrons. The Hall–Kier alpha value is -3.14. The highest BCUT2D eigenvalue weighted by atomic mass is 16.1. The van der Waals surface area contributed by atoms with Crippen LogP contribution in [0.5, 0.6) is 0 Å². The summed E-state index contributed by atoms with van der Waals surface area (Å²) in [5.41, 5.74) is 3.92. The van der Waals surface area contributed by atoms with E-state index in [0.29, 0.717) is 11.3 Å². The van der Waals surface area contributed by atoms with Crippen LogP contribution in [0.1, 0.15) is 0 Å². The van der Waals surface area contributed by atoms with Gasteiger partial charge in [0.1, 0.15) is 0 Å². The van der Waals surface area contributed by atoms with Gasteiger partial charge < -0.3 is 9.55 Å². The van der Waals surface area contributed by atoms with E-state index in [2.05, 4.69) is 9.97 Å². The molecule has 0 aliphatic heterocycles. The van der Waals surface area contributed by atoms with Crippen LogP contribution in [0.4, 0.5) is 0 Å². The van der Waals surface area contributed by atoms with Crippen molar-refractivity contribution in [3.05, 3.63) is 77.5 Å². The van der Waals surface area contributed by atoms with Crippen molar-refractivity contribution in [2.24, 2.45) is 7.05 Å². The lowest BCUT2D eigenvalue weighted by molar-refractivity contribution is 0.913. The van der Waals surface area contributed by atoms with Gasteiger partial charge in [-0.05, 0) is 11.6 Å². The van der Waals surface area contributed by atoms with Gasteiger partial charge in [0, 0.05) is 29.7 Å². The number of aromatic amines is 1. The first-order valence-corrected chi connectivity index (χ1v) is 7.43. The van der Waals surface area contributed by atoms with Gasteiger partial charge in [-0.1, -0.05) is 48.5 Å². The van der Waals surface area contributed by atoms with E-state index in [1.54, 1.807) is 6.33 Å². The van der Waals surface area contributed by atoms with Crippen molar-refractivity contribution in [2.75, 3.05) is 0 Å². The number of benzene rings is 2. The molecule has 4 nitrogen and oxygen atoms in total. The second kappa shape index (κ2) is 5.25. The molecule has 0 atom stereocenters. The molecule has 23 heavy (non-hydrogen) atoms. The van der Waals surface area contributed by atoms with Crippen LogP contribution in [0.15, 0.2) is 71.9 Å². The van der Waals surface area contributed by atoms with Crippen molar-refractivity contribution in [3.63, 3.8) is 0 Å². The quantitative estimate of drug-likeness (QED) is 0.615. The zero-order valence-electron chi connectivity index (χ0n) is 12.7. The number of para-hydroxylation sites is 1. The summed E-state index contributed by atoms with van der Waals surface area (Å²) in [6, 6.07) is 17.8. The molecule has 0 saturated carbocycles. The Bertz CT molecular complexity index is 1050. The summed E-state index contributed by atoms with van der Waals surface area (Å²) in [7, 11) is 1.90. The molecule has 0 fully saturated rings. The highest BCUT2D eigenvalue weighted by Crippen LogP contribution is 2.33. The summed E-state index contributed by atoms with van der Waals surface area (Å²) in [4.78, 5) is 20.1. The van der Waals surface area contributed by atoms with E-state index in [9.17, 15) is 4.79 Å². The molecule has 0 unspecified atom stereocenters. The van der Waals surface area contributed by atoms with Crippen LogP contribution in [-0.4, -0.2) is 14.5 Å². The van der Waals surface area contributed by atoms with Crippen LogP contribution in [-0.2, 0) is 7.05 Å². The number of aromatic nitrogens is 3. The molecular formula is C19H15N3O. The fraction of sp³-hybridized carbons (Fsp3) is 0.0526. The van der Waals surface area contributed by atoms with E-state index in [4.69, 9.17) is 0 Å². The summed E-state index contributed by atoms with van der Waals surface area (Å²) in [6.45, 7) is 0. The van der Waals surface area contributed by atoms with Crippen LogP contribution >= 0.6 is 0 Å². The van der Waals surface area contributed by atoms with Crippen molar-refractivity contribution >= 4 is 10.9 Å². The third-order valence-electron chi connectivity index (χ3n) is 3.95. The van der Waals surface area contributed by atoms with Gasteiger partial charge >= 0.3 is 0 Å². The predicted octanol–water partition coefficient (Wildman–Crippen LogP) is 3.60. The number of nitrogens with zero attached hydrogens (tertiary/aromatic N) is 2. The Labute approximate surface area is 133 Å². The Morgan fingerprint density at radius 3 is 2.43 bits per heavy atom. The standard InChI is InChI=1S/C19H15N3O/c1-22-11-16(20-12-22)18-17(13-7-3-2-4-8-13)14-9-5-6-10-15(14)21-19(18)23/h2-12H,1H3,(H,21,23). The average Bonchev–Trinajstić information content (AvgIpc) is 3.00. The van der Waals surface area contributed by atoms with Gasteiger partial charge in [0.25, 0.3) is 5.56 Å². The summed E-state index contributed by atoms with van der Waals surface area (Å²) in [5, 5.41) is 1.01. The maximum Gasteiger partial charge on any atom is 0.258 e. The van der Waals surface area contributed by atoms with Gasteiger partial charge in [0.15, 0.2) is 0 Å². The largest absolute Gasteiger partial charge is 0.340 e. The molecule has 0 aliphatic rings. The molecule has 2 heterocycles. The van der Waals surface area contributed by atoms with E-state index in [1.165, 1.54) is 0 Å². The fourth-order valence-electron chi connectivity index (χ4n) is 2.93. The number of imidazole rings is 1. The molecule has 4 rings (SSSR count). The van der Waals surface area contributed by atoms with Crippen LogP contribution in [0.2, 0.25) is 0 Å². The zero-order valence-corrected chi connectivity index (χ0v) is 12.7. The Kier molecular flexibility index (Phi) is 3.08. The van der Waals surface area contributed by atoms with Crippen molar-refractivity contribution in [1.29, 1.82) is 0 Å². The number of hydrogen-bond donors (Lipinski definition) is 1. The molecule has 4 heteroatoms. The lowest BCUT2D eigenvalue weighted by Gasteiger charge is -2.11. The maximum atomic E-state index is 12.7. The van der Waals surface area contributed by atoms with Gasteiger partial charge in [-0.3, -0.25) is 4.79 Å². The Morgan fingerprint density at radius 1 is 0.957 bits per heavy atom. The lowest BCUT2D eigenvalue weighted by Crippen LogP contribution is -2.11. The Morgan fingerprint density at radius 2 is 1.70 bits per heavy atom. The number of pyridine rings is 1. The third-order valence-corrected chi connectivity index (χ3v) is 3.95. The van der Waals surface area contributed by atoms with Gasteiger partial charge in [-0.15, -0.1) is 0 Å². The van der Waals surface area contributed by atoms with Crippen LogP contribution in [0.25, 0.3) is 33.3 Å². The second-order valence-corrected chi connectivity index (χ2v) is 5.54. The predicted molar refractivity (Wildman–Crippen MR) is 92.2 cm³/mol. The molecular weight excluding hydrogens is 286 g/mol. The van der Waals surface area contributed by atoms with Crippen molar-refractivity contribution in [1.82, 2.24) is 14.5 Å². The van der Waals surface area contributed by atoms with Gasteiger partial charge in [0.2, 0.25) is 0 Å². The van der Waals surface area contributed by atoms with Crippen LogP contribution in [0.3, 0.4) is 0 Å². The minimum atomic E-state index is -0.124. The highest BCUT2D eigenvalue weighted by molar-refractivity contribution is 6.01. The SMILES string of the molecule is Cn1cnc(-c2c(-c3ccccc3)c3ccccc3[nH]c2=O)c1. The van der Waals surface area contributed by atoms with Gasteiger partial charge in [-0.2, -0.15) is 0 Å². The van der Waals surface area contributed by atoms with Crippen LogP contribution in [0, 0.1) is 0 Å². The number of nitrogens with one attached hydrogen (secondary N) is 1. The Balaban J connectivity index is 2.17. The second-order valence-electron chi connectivity index (χ2n) is 5.54. The highest BCUT2D eigenvalue weighted by Gasteiger charge is 2.17. The molecule has 0 aliphatic carbocycles. The number of aryl methyl sites for hydroxylation is 1. The summed E-state index contributed by atoms with van der Waals surface area (Å²) >= 11 is 0. The number of hydrogen-bond acceptors (Lipinski definition) is 2. The van der Waals surface area contributed by atoms with E-state index in [1.807, 2.05) is 72.4 Å². The van der Waals surface area contributed by atoms with Crippen LogP contribution < -0.4 is 5.56 Å². The minimum absolute atomic E-state index is 0.124. The molecule has 112 valence electrons. The number of rotatable bonds is 2. The fourth-order valence-corrected chi connectivity index (χ4v) is 2.93. The van der Waals surface area contributed by atoms with Gasteiger partial charge in [-0.25, -0.2) is 4.98 Å². The zero-order chi connectivity index (χ0) is 15.8. The third kappa shape index (κ3) is 2.25. The molecule has 1 N–H and O–H groups in total. The minimum Gasteiger partial charge on any atom is -0.340 e. The monoisotopic (exact) mass is 301 g/mol. The molecule has 0 saturated heterocycles. The summed E-state index contributed by atoms with van der Waals surface area (Å²) in [5.74, 6) is 0. The van der Waals surface area contributed by atoms with E-state index in [0.717, 1.165) is 22.0 Å². The number of fused-ring (bicyclic) bond motifs is 1. The molecule has 4 aromatic rings. The molecule has 0 amide bonds.